The molecule has 0 radical (unpaired) electrons. The van der Waals surface area contributed by atoms with Crippen molar-refractivity contribution in [2.75, 3.05) is 11.4 Å². The molecule has 1 aliphatic heterocycles. The Balaban J connectivity index is 1.52. The van der Waals surface area contributed by atoms with Crippen molar-refractivity contribution in [3.05, 3.63) is 82.5 Å². The normalized spacial score (nSPS) is 18.5. The summed E-state index contributed by atoms with van der Waals surface area (Å²) in [6.07, 6.45) is -0.485. The first-order valence-electron chi connectivity index (χ1n) is 13.4. The molecule has 5 rings (SSSR count). The lowest BCUT2D eigenvalue weighted by atomic mass is 9.99. The van der Waals surface area contributed by atoms with Gasteiger partial charge < -0.3 is 24.5 Å². The van der Waals surface area contributed by atoms with Crippen LogP contribution in [-0.2, 0) is 13.6 Å². The van der Waals surface area contributed by atoms with Crippen molar-refractivity contribution in [2.24, 2.45) is 18.0 Å². The summed E-state index contributed by atoms with van der Waals surface area (Å²) < 4.78 is 58.6. The minimum atomic E-state index is -4.44. The molecule has 41 heavy (non-hydrogen) atoms. The molecule has 1 aromatic heterocycles. The molecule has 1 saturated carbocycles. The average molecular weight is 574 g/mol. The van der Waals surface area contributed by atoms with Gasteiger partial charge in [-0.05, 0) is 79.5 Å². The standard InChI is InChI=1S/C29H31F4N5O3/c1-17-12-20(7-8-23(17)30)25(19-5-6-19)34-26(39)21-13-18(16-37-11-10-36(2)27(37)35-28(40)41)14-22(15-21)38-9-3-4-24(38)29(31,32)33/h7-8,10-15,19,24-25H,3-6,9,16H2,1-2H3,(H,34,39)(H,40,41)/b35-27+/t24-,25?/m1/s1. The van der Waals surface area contributed by atoms with Crippen molar-refractivity contribution in [2.45, 2.75) is 57.4 Å². The number of carbonyl (C=O) groups is 2. The number of benzene rings is 2. The third-order valence-corrected chi connectivity index (χ3v) is 7.71. The minimum Gasteiger partial charge on any atom is -0.463 e. The molecular weight excluding hydrogens is 542 g/mol. The number of aryl methyl sites for hydroxylation is 2. The Labute approximate surface area is 233 Å². The molecular formula is C29H31F4N5O3. The maximum absolute atomic E-state index is 13.9. The van der Waals surface area contributed by atoms with Crippen LogP contribution in [-0.4, -0.2) is 45.0 Å². The maximum Gasteiger partial charge on any atom is 0.434 e. The molecule has 2 amide bonds. The second-order valence-electron chi connectivity index (χ2n) is 10.8. The van der Waals surface area contributed by atoms with Gasteiger partial charge in [0, 0.05) is 37.2 Å². The SMILES string of the molecule is Cc1cc(C(NC(=O)c2cc(Cn3ccn(C)/c3=N\C(=O)O)cc(N3CCC[C@@H]3C(F)(F)F)c2)C2CC2)ccc1F. The molecule has 2 atom stereocenters. The quantitative estimate of drug-likeness (QED) is 0.375. The van der Waals surface area contributed by atoms with Gasteiger partial charge in [0.05, 0.1) is 12.6 Å². The van der Waals surface area contributed by atoms with E-state index in [0.717, 1.165) is 18.4 Å². The van der Waals surface area contributed by atoms with E-state index in [1.807, 2.05) is 0 Å². The lowest BCUT2D eigenvalue weighted by molar-refractivity contribution is -0.145. The summed E-state index contributed by atoms with van der Waals surface area (Å²) in [5, 5.41) is 12.2. The molecule has 12 heteroatoms. The van der Waals surface area contributed by atoms with E-state index in [2.05, 4.69) is 10.3 Å². The zero-order chi connectivity index (χ0) is 29.5. The Morgan fingerprint density at radius 2 is 1.88 bits per heavy atom. The van der Waals surface area contributed by atoms with Crippen LogP contribution in [0.2, 0.25) is 0 Å². The molecule has 0 bridgehead atoms. The number of anilines is 1. The van der Waals surface area contributed by atoms with Crippen LogP contribution in [0, 0.1) is 18.7 Å². The molecule has 8 nitrogen and oxygen atoms in total. The highest BCUT2D eigenvalue weighted by molar-refractivity contribution is 5.95. The monoisotopic (exact) mass is 573 g/mol. The van der Waals surface area contributed by atoms with Crippen molar-refractivity contribution in [1.82, 2.24) is 14.5 Å². The van der Waals surface area contributed by atoms with Crippen LogP contribution in [0.1, 0.15) is 58.8 Å². The molecule has 1 unspecified atom stereocenters. The summed E-state index contributed by atoms with van der Waals surface area (Å²) in [5.41, 5.74) is 2.32. The van der Waals surface area contributed by atoms with Crippen molar-refractivity contribution in [3.63, 3.8) is 0 Å². The number of nitrogens with zero attached hydrogens (tertiary/aromatic N) is 4. The van der Waals surface area contributed by atoms with Crippen LogP contribution in [0.15, 0.2) is 53.8 Å². The highest BCUT2D eigenvalue weighted by atomic mass is 19.4. The number of hydrogen-bond donors (Lipinski definition) is 2. The Bertz CT molecular complexity index is 1540. The zero-order valence-corrected chi connectivity index (χ0v) is 22.7. The summed E-state index contributed by atoms with van der Waals surface area (Å²) in [6.45, 7) is 1.92. The molecule has 2 aromatic carbocycles. The molecule has 1 aliphatic carbocycles. The van der Waals surface area contributed by atoms with Gasteiger partial charge in [-0.1, -0.05) is 12.1 Å². The van der Waals surface area contributed by atoms with E-state index in [9.17, 15) is 32.3 Å². The third-order valence-electron chi connectivity index (χ3n) is 7.71. The number of alkyl halides is 3. The molecule has 3 aromatic rings. The molecule has 0 spiro atoms. The lowest BCUT2D eigenvalue weighted by Crippen LogP contribution is -2.41. The second kappa shape index (κ2) is 11.1. The van der Waals surface area contributed by atoms with Gasteiger partial charge in [0.25, 0.3) is 5.91 Å². The average Bonchev–Trinajstić information content (AvgIpc) is 3.52. The van der Waals surface area contributed by atoms with E-state index < -0.39 is 24.2 Å². The largest absolute Gasteiger partial charge is 0.463 e. The Morgan fingerprint density at radius 3 is 2.54 bits per heavy atom. The predicted molar refractivity (Wildman–Crippen MR) is 143 cm³/mol. The van der Waals surface area contributed by atoms with Crippen LogP contribution in [0.5, 0.6) is 0 Å². The van der Waals surface area contributed by atoms with Gasteiger partial charge in [-0.15, -0.1) is 4.99 Å². The lowest BCUT2D eigenvalue weighted by Gasteiger charge is -2.29. The van der Waals surface area contributed by atoms with E-state index in [1.54, 1.807) is 55.2 Å². The van der Waals surface area contributed by atoms with Crippen LogP contribution < -0.4 is 15.8 Å². The Hall–Kier alpha value is -4.09. The predicted octanol–water partition coefficient (Wildman–Crippen LogP) is 5.31. The van der Waals surface area contributed by atoms with Gasteiger partial charge >= 0.3 is 12.3 Å². The summed E-state index contributed by atoms with van der Waals surface area (Å²) in [7, 11) is 1.63. The smallest absolute Gasteiger partial charge is 0.434 e. The second-order valence-corrected chi connectivity index (χ2v) is 10.8. The van der Waals surface area contributed by atoms with E-state index in [4.69, 9.17) is 0 Å². The van der Waals surface area contributed by atoms with Crippen LogP contribution in [0.4, 0.5) is 28.0 Å². The summed E-state index contributed by atoms with van der Waals surface area (Å²) in [5.74, 6) is -0.618. The van der Waals surface area contributed by atoms with Gasteiger partial charge in [-0.2, -0.15) is 13.2 Å². The number of hydrogen-bond acceptors (Lipinski definition) is 3. The van der Waals surface area contributed by atoms with Gasteiger partial charge in [0.2, 0.25) is 5.62 Å². The summed E-state index contributed by atoms with van der Waals surface area (Å²) >= 11 is 0. The van der Waals surface area contributed by atoms with Gasteiger partial charge in [0.1, 0.15) is 11.9 Å². The van der Waals surface area contributed by atoms with Crippen molar-refractivity contribution < 1.29 is 32.3 Å². The number of amides is 2. The molecule has 2 heterocycles. The highest BCUT2D eigenvalue weighted by Gasteiger charge is 2.46. The zero-order valence-electron chi connectivity index (χ0n) is 22.7. The summed E-state index contributed by atoms with van der Waals surface area (Å²) in [4.78, 5) is 29.8. The fourth-order valence-electron chi connectivity index (χ4n) is 5.53. The Morgan fingerprint density at radius 1 is 1.12 bits per heavy atom. The number of aromatic nitrogens is 2. The number of imidazole rings is 1. The van der Waals surface area contributed by atoms with Crippen molar-refractivity contribution in [3.8, 4) is 0 Å². The van der Waals surface area contributed by atoms with Crippen molar-refractivity contribution >= 4 is 17.7 Å². The fraction of sp³-hybridized carbons (Fsp3) is 0.414. The van der Waals surface area contributed by atoms with E-state index in [1.165, 1.54) is 21.6 Å². The molecule has 1 saturated heterocycles. The van der Waals surface area contributed by atoms with Crippen molar-refractivity contribution in [1.29, 1.82) is 0 Å². The van der Waals surface area contributed by atoms with Crippen LogP contribution in [0.25, 0.3) is 0 Å². The van der Waals surface area contributed by atoms with Gasteiger partial charge in [-0.25, -0.2) is 9.18 Å². The first-order valence-corrected chi connectivity index (χ1v) is 13.4. The maximum atomic E-state index is 13.9. The third kappa shape index (κ3) is 6.31. The summed E-state index contributed by atoms with van der Waals surface area (Å²) in [6, 6.07) is 7.36. The van der Waals surface area contributed by atoms with Gasteiger partial charge in [-0.3, -0.25) is 4.79 Å². The first-order chi connectivity index (χ1) is 19.4. The van der Waals surface area contributed by atoms with Crippen LogP contribution in [0.3, 0.4) is 0 Å². The number of halogens is 4. The first kappa shape index (κ1) is 28.4. The fourth-order valence-corrected chi connectivity index (χ4v) is 5.53. The van der Waals surface area contributed by atoms with E-state index in [0.29, 0.717) is 17.5 Å². The molecule has 2 N–H and O–H groups in total. The number of carboxylic acid groups (broad SMARTS) is 1. The molecule has 2 aliphatic rings. The van der Waals surface area contributed by atoms with E-state index in [-0.39, 0.29) is 54.2 Å². The Kier molecular flexibility index (Phi) is 7.67. The molecule has 218 valence electrons. The topological polar surface area (TPSA) is 91.9 Å². The van der Waals surface area contributed by atoms with Gasteiger partial charge in [0.15, 0.2) is 0 Å². The van der Waals surface area contributed by atoms with Crippen LogP contribution >= 0.6 is 0 Å². The number of nitrogens with one attached hydrogen (secondary N) is 1. The highest BCUT2D eigenvalue weighted by Crippen LogP contribution is 2.42. The number of carbonyl (C=O) groups excluding carboxylic acids is 1. The molecule has 2 fully saturated rings. The minimum absolute atomic E-state index is 0.0436. The number of rotatable bonds is 7. The van der Waals surface area contributed by atoms with E-state index >= 15 is 0 Å².